The standard InChI is InChI=1S/C12H19N3O2/c1-15(8-7-11(13)12(14)16)9-3-5-10(17-2)6-4-9/h3-6,11H,7-8,13H2,1-2H3,(H2,14,16). The van der Waals surface area contributed by atoms with Crippen molar-refractivity contribution in [2.24, 2.45) is 11.5 Å². The molecule has 0 aliphatic carbocycles. The number of methoxy groups -OCH3 is 1. The van der Waals surface area contributed by atoms with E-state index in [1.165, 1.54) is 0 Å². The lowest BCUT2D eigenvalue weighted by Gasteiger charge is -2.20. The number of rotatable bonds is 6. The van der Waals surface area contributed by atoms with E-state index in [0.717, 1.165) is 11.4 Å². The Kier molecular flexibility index (Phi) is 4.78. The molecule has 1 atom stereocenters. The van der Waals surface area contributed by atoms with Crippen molar-refractivity contribution >= 4 is 11.6 Å². The van der Waals surface area contributed by atoms with Gasteiger partial charge < -0.3 is 21.1 Å². The normalized spacial score (nSPS) is 11.9. The van der Waals surface area contributed by atoms with Crippen LogP contribution in [0, 0.1) is 0 Å². The SMILES string of the molecule is COc1ccc(N(C)CCC(N)C(N)=O)cc1. The number of hydrogen-bond acceptors (Lipinski definition) is 4. The summed E-state index contributed by atoms with van der Waals surface area (Å²) in [7, 11) is 3.57. The third-order valence-corrected chi connectivity index (χ3v) is 2.65. The molecule has 1 aromatic carbocycles. The predicted octanol–water partition coefficient (Wildman–Crippen LogP) is 0.334. The lowest BCUT2D eigenvalue weighted by molar-refractivity contribution is -0.119. The van der Waals surface area contributed by atoms with Gasteiger partial charge in [0.2, 0.25) is 5.91 Å². The number of amides is 1. The Morgan fingerprint density at radius 2 is 2.00 bits per heavy atom. The molecule has 4 N–H and O–H groups in total. The van der Waals surface area contributed by atoms with Gasteiger partial charge in [-0.15, -0.1) is 0 Å². The Hall–Kier alpha value is -1.75. The quantitative estimate of drug-likeness (QED) is 0.747. The van der Waals surface area contributed by atoms with Crippen molar-refractivity contribution in [2.45, 2.75) is 12.5 Å². The van der Waals surface area contributed by atoms with Crippen molar-refractivity contribution in [3.05, 3.63) is 24.3 Å². The second-order valence-electron chi connectivity index (χ2n) is 3.92. The molecule has 0 fully saturated rings. The van der Waals surface area contributed by atoms with Crippen molar-refractivity contribution in [1.29, 1.82) is 0 Å². The molecule has 0 aromatic heterocycles. The molecule has 1 unspecified atom stereocenters. The van der Waals surface area contributed by atoms with Gasteiger partial charge in [0.05, 0.1) is 13.2 Å². The first-order chi connectivity index (χ1) is 8.04. The molecule has 0 heterocycles. The Morgan fingerprint density at radius 1 is 1.41 bits per heavy atom. The van der Waals surface area contributed by atoms with Gasteiger partial charge in [-0.3, -0.25) is 4.79 Å². The number of ether oxygens (including phenoxy) is 1. The fraction of sp³-hybridized carbons (Fsp3) is 0.417. The smallest absolute Gasteiger partial charge is 0.234 e. The van der Waals surface area contributed by atoms with Crippen molar-refractivity contribution in [3.8, 4) is 5.75 Å². The Labute approximate surface area is 101 Å². The van der Waals surface area contributed by atoms with Crippen LogP contribution in [0.15, 0.2) is 24.3 Å². The first-order valence-electron chi connectivity index (χ1n) is 5.44. The van der Waals surface area contributed by atoms with E-state index in [9.17, 15) is 4.79 Å². The average Bonchev–Trinajstić information content (AvgIpc) is 2.35. The molecular formula is C12H19N3O2. The number of nitrogens with zero attached hydrogens (tertiary/aromatic N) is 1. The Morgan fingerprint density at radius 3 is 2.47 bits per heavy atom. The zero-order valence-corrected chi connectivity index (χ0v) is 10.2. The third kappa shape index (κ3) is 3.96. The summed E-state index contributed by atoms with van der Waals surface area (Å²) >= 11 is 0. The molecule has 0 aliphatic rings. The van der Waals surface area contributed by atoms with Crippen LogP contribution in [0.4, 0.5) is 5.69 Å². The monoisotopic (exact) mass is 237 g/mol. The van der Waals surface area contributed by atoms with E-state index < -0.39 is 11.9 Å². The van der Waals surface area contributed by atoms with E-state index >= 15 is 0 Å². The highest BCUT2D eigenvalue weighted by Gasteiger charge is 2.10. The van der Waals surface area contributed by atoms with Crippen LogP contribution in [-0.4, -0.2) is 32.7 Å². The van der Waals surface area contributed by atoms with Crippen molar-refractivity contribution in [3.63, 3.8) is 0 Å². The zero-order valence-electron chi connectivity index (χ0n) is 10.2. The van der Waals surface area contributed by atoms with Crippen LogP contribution >= 0.6 is 0 Å². The van der Waals surface area contributed by atoms with E-state index in [2.05, 4.69) is 0 Å². The Balaban J connectivity index is 2.51. The van der Waals surface area contributed by atoms with Gasteiger partial charge in [-0.25, -0.2) is 0 Å². The van der Waals surface area contributed by atoms with Gasteiger partial charge in [0.25, 0.3) is 0 Å². The number of anilines is 1. The van der Waals surface area contributed by atoms with Crippen molar-refractivity contribution in [2.75, 3.05) is 25.6 Å². The molecule has 0 saturated carbocycles. The number of nitrogens with two attached hydrogens (primary N) is 2. The number of carbonyl (C=O) groups is 1. The lowest BCUT2D eigenvalue weighted by atomic mass is 10.2. The van der Waals surface area contributed by atoms with E-state index in [-0.39, 0.29) is 0 Å². The van der Waals surface area contributed by atoms with Crippen LogP contribution in [0.5, 0.6) is 5.75 Å². The largest absolute Gasteiger partial charge is 0.497 e. The highest BCUT2D eigenvalue weighted by molar-refractivity contribution is 5.79. The van der Waals surface area contributed by atoms with Crippen molar-refractivity contribution < 1.29 is 9.53 Å². The molecule has 0 spiro atoms. The van der Waals surface area contributed by atoms with E-state index in [1.807, 2.05) is 36.2 Å². The fourth-order valence-corrected chi connectivity index (χ4v) is 1.44. The van der Waals surface area contributed by atoms with E-state index in [1.54, 1.807) is 7.11 Å². The minimum Gasteiger partial charge on any atom is -0.497 e. The van der Waals surface area contributed by atoms with Gasteiger partial charge in [0.15, 0.2) is 0 Å². The van der Waals surface area contributed by atoms with Gasteiger partial charge in [-0.2, -0.15) is 0 Å². The minimum absolute atomic E-state index is 0.465. The average molecular weight is 237 g/mol. The van der Waals surface area contributed by atoms with Crippen molar-refractivity contribution in [1.82, 2.24) is 0 Å². The summed E-state index contributed by atoms with van der Waals surface area (Å²) in [6, 6.07) is 7.10. The molecule has 0 bridgehead atoms. The Bertz CT molecular complexity index is 365. The summed E-state index contributed by atoms with van der Waals surface area (Å²) in [5, 5.41) is 0. The van der Waals surface area contributed by atoms with Crippen LogP contribution in [-0.2, 0) is 4.79 Å². The molecule has 1 aromatic rings. The molecule has 1 rings (SSSR count). The summed E-state index contributed by atoms with van der Waals surface area (Å²) < 4.78 is 5.08. The highest BCUT2D eigenvalue weighted by Crippen LogP contribution is 2.18. The molecule has 0 saturated heterocycles. The van der Waals surface area contributed by atoms with Crippen LogP contribution in [0.3, 0.4) is 0 Å². The number of hydrogen-bond donors (Lipinski definition) is 2. The number of primary amides is 1. The number of carbonyl (C=O) groups excluding carboxylic acids is 1. The van der Waals surface area contributed by atoms with E-state index in [4.69, 9.17) is 16.2 Å². The number of benzene rings is 1. The molecular weight excluding hydrogens is 218 g/mol. The van der Waals surface area contributed by atoms with Crippen LogP contribution in [0.1, 0.15) is 6.42 Å². The zero-order chi connectivity index (χ0) is 12.8. The first kappa shape index (κ1) is 13.3. The fourth-order valence-electron chi connectivity index (χ4n) is 1.44. The summed E-state index contributed by atoms with van der Waals surface area (Å²) in [5.74, 6) is 0.351. The highest BCUT2D eigenvalue weighted by atomic mass is 16.5. The molecule has 5 nitrogen and oxygen atoms in total. The summed E-state index contributed by atoms with van der Waals surface area (Å²) in [6.45, 7) is 0.677. The van der Waals surface area contributed by atoms with Gasteiger partial charge in [0.1, 0.15) is 5.75 Å². The van der Waals surface area contributed by atoms with Gasteiger partial charge >= 0.3 is 0 Å². The minimum atomic E-state index is -0.587. The molecule has 1 amide bonds. The maximum absolute atomic E-state index is 10.8. The van der Waals surface area contributed by atoms with Crippen LogP contribution in [0.2, 0.25) is 0 Å². The van der Waals surface area contributed by atoms with Gasteiger partial charge in [0, 0.05) is 19.3 Å². The summed E-state index contributed by atoms with van der Waals surface area (Å²) in [4.78, 5) is 12.8. The second kappa shape index (κ2) is 6.10. The first-order valence-corrected chi connectivity index (χ1v) is 5.44. The van der Waals surface area contributed by atoms with Crippen LogP contribution < -0.4 is 21.1 Å². The topological polar surface area (TPSA) is 81.6 Å². The lowest BCUT2D eigenvalue weighted by Crippen LogP contribution is -2.39. The summed E-state index contributed by atoms with van der Waals surface area (Å²) in [6.07, 6.45) is 0.540. The van der Waals surface area contributed by atoms with Gasteiger partial charge in [-0.05, 0) is 30.7 Å². The maximum atomic E-state index is 10.8. The second-order valence-corrected chi connectivity index (χ2v) is 3.92. The predicted molar refractivity (Wildman–Crippen MR) is 68.1 cm³/mol. The molecule has 5 heteroatoms. The third-order valence-electron chi connectivity index (χ3n) is 2.65. The molecule has 0 radical (unpaired) electrons. The maximum Gasteiger partial charge on any atom is 0.234 e. The van der Waals surface area contributed by atoms with E-state index in [0.29, 0.717) is 13.0 Å². The summed E-state index contributed by atoms with van der Waals surface area (Å²) in [5.41, 5.74) is 11.7. The molecule has 94 valence electrons. The molecule has 17 heavy (non-hydrogen) atoms. The van der Waals surface area contributed by atoms with Crippen LogP contribution in [0.25, 0.3) is 0 Å². The van der Waals surface area contributed by atoms with Gasteiger partial charge in [-0.1, -0.05) is 0 Å². The molecule has 0 aliphatic heterocycles.